The second-order valence-electron chi connectivity index (χ2n) is 1.61. The van der Waals surface area contributed by atoms with Crippen LogP contribution >= 0.6 is 0 Å². The molecule has 1 aromatic heterocycles. The van der Waals surface area contributed by atoms with Crippen molar-refractivity contribution in [2.45, 2.75) is 0 Å². The van der Waals surface area contributed by atoms with Crippen molar-refractivity contribution in [2.75, 3.05) is 0 Å². The summed E-state index contributed by atoms with van der Waals surface area (Å²) in [5.41, 5.74) is 6.16. The monoisotopic (exact) mass is 124 g/mol. The van der Waals surface area contributed by atoms with Crippen LogP contribution in [0.2, 0.25) is 0 Å². The van der Waals surface area contributed by atoms with E-state index in [-0.39, 0.29) is 0 Å². The normalized spacial score (nSPS) is 11.8. The average Bonchev–Trinajstić information content (AvgIpc) is 2.37. The highest BCUT2D eigenvalue weighted by Crippen LogP contribution is 1.93. The fourth-order valence-corrected chi connectivity index (χ4v) is 0.558. The minimum atomic E-state index is 0.344. The van der Waals surface area contributed by atoms with Gasteiger partial charge in [0.15, 0.2) is 5.84 Å². The van der Waals surface area contributed by atoms with E-state index >= 15 is 0 Å². The molecule has 4 heteroatoms. The van der Waals surface area contributed by atoms with Crippen LogP contribution in [0.5, 0.6) is 0 Å². The molecule has 0 bridgehead atoms. The van der Waals surface area contributed by atoms with E-state index in [1.54, 1.807) is 18.5 Å². The third kappa shape index (κ3) is 1.02. The number of H-pyrrole nitrogens is 1. The molecule has 0 fully saturated rings. The summed E-state index contributed by atoms with van der Waals surface area (Å²) in [5, 5.41) is 3.31. The molecule has 48 valence electrons. The lowest BCUT2D eigenvalue weighted by Crippen LogP contribution is -2.14. The first-order chi connectivity index (χ1) is 4.34. The maximum absolute atomic E-state index is 5.34. The third-order valence-electron chi connectivity index (χ3n) is 1.03. The quantitative estimate of drug-likeness (QED) is 0.206. The first-order valence-electron chi connectivity index (χ1n) is 2.51. The third-order valence-corrected chi connectivity index (χ3v) is 1.03. The molecule has 0 aliphatic heterocycles. The van der Waals surface area contributed by atoms with E-state index < -0.39 is 0 Å². The number of amidine groups is 1. The number of nitrogens with zero attached hydrogens (tertiary/aromatic N) is 1. The molecule has 0 aromatic carbocycles. The number of aromatic amines is 1. The molecule has 0 aliphatic rings. The van der Waals surface area contributed by atoms with E-state index in [4.69, 9.17) is 11.6 Å². The van der Waals surface area contributed by atoms with E-state index in [2.05, 4.69) is 10.1 Å². The Morgan fingerprint density at radius 1 is 1.67 bits per heavy atom. The van der Waals surface area contributed by atoms with E-state index in [0.717, 1.165) is 5.56 Å². The molecule has 4 nitrogen and oxygen atoms in total. The van der Waals surface area contributed by atoms with Gasteiger partial charge in [-0.25, -0.2) is 0 Å². The number of rotatable bonds is 1. The minimum Gasteiger partial charge on any atom is -0.382 e. The molecule has 0 amide bonds. The summed E-state index contributed by atoms with van der Waals surface area (Å²) in [6.45, 7) is 0. The maximum atomic E-state index is 5.34. The standard InChI is InChI=1S/C5H8N4/c6-5(9-7)4-1-2-8-3-4/h1-3,8H,7H2,(H2,6,9). The summed E-state index contributed by atoms with van der Waals surface area (Å²) >= 11 is 0. The minimum absolute atomic E-state index is 0.344. The molecule has 0 aliphatic carbocycles. The lowest BCUT2D eigenvalue weighted by Gasteiger charge is -1.89. The van der Waals surface area contributed by atoms with Crippen molar-refractivity contribution >= 4 is 5.84 Å². The predicted octanol–water partition coefficient (Wildman–Crippen LogP) is -0.406. The Hall–Kier alpha value is -1.45. The molecular formula is C5H8N4. The summed E-state index contributed by atoms with van der Waals surface area (Å²) in [4.78, 5) is 2.83. The first kappa shape index (κ1) is 5.68. The molecule has 5 N–H and O–H groups in total. The predicted molar refractivity (Wildman–Crippen MR) is 35.7 cm³/mol. The van der Waals surface area contributed by atoms with Gasteiger partial charge >= 0.3 is 0 Å². The van der Waals surface area contributed by atoms with Crippen LogP contribution in [0.3, 0.4) is 0 Å². The Labute approximate surface area is 52.6 Å². The van der Waals surface area contributed by atoms with E-state index in [1.807, 2.05) is 0 Å². The molecule has 0 saturated heterocycles. The largest absolute Gasteiger partial charge is 0.382 e. The second-order valence-corrected chi connectivity index (χ2v) is 1.61. The second kappa shape index (κ2) is 2.21. The van der Waals surface area contributed by atoms with Crippen LogP contribution in [0.4, 0.5) is 0 Å². The highest BCUT2D eigenvalue weighted by atomic mass is 15.2. The van der Waals surface area contributed by atoms with Crippen molar-refractivity contribution in [3.05, 3.63) is 24.0 Å². The number of nitrogens with two attached hydrogens (primary N) is 2. The van der Waals surface area contributed by atoms with Crippen molar-refractivity contribution < 1.29 is 0 Å². The van der Waals surface area contributed by atoms with Gasteiger partial charge in [0.2, 0.25) is 0 Å². The fourth-order valence-electron chi connectivity index (χ4n) is 0.558. The molecule has 0 unspecified atom stereocenters. The number of hydrazone groups is 1. The summed E-state index contributed by atoms with van der Waals surface area (Å²) in [7, 11) is 0. The highest BCUT2D eigenvalue weighted by molar-refractivity contribution is 5.96. The average molecular weight is 124 g/mol. The summed E-state index contributed by atoms with van der Waals surface area (Å²) in [5.74, 6) is 5.26. The smallest absolute Gasteiger partial charge is 0.151 e. The number of nitrogens with one attached hydrogen (secondary N) is 1. The molecule has 0 saturated carbocycles. The first-order valence-corrected chi connectivity index (χ1v) is 2.51. The van der Waals surface area contributed by atoms with Gasteiger partial charge in [0.05, 0.1) is 0 Å². The Balaban J connectivity index is 2.90. The van der Waals surface area contributed by atoms with Crippen LogP contribution < -0.4 is 11.6 Å². The molecular weight excluding hydrogens is 116 g/mol. The van der Waals surface area contributed by atoms with Crippen LogP contribution in [0.15, 0.2) is 23.6 Å². The van der Waals surface area contributed by atoms with Gasteiger partial charge in [-0.1, -0.05) is 0 Å². The van der Waals surface area contributed by atoms with Crippen molar-refractivity contribution in [1.29, 1.82) is 0 Å². The Morgan fingerprint density at radius 3 is 2.89 bits per heavy atom. The van der Waals surface area contributed by atoms with Crippen molar-refractivity contribution in [1.82, 2.24) is 4.98 Å². The molecule has 1 rings (SSSR count). The van der Waals surface area contributed by atoms with Gasteiger partial charge in [0.1, 0.15) is 0 Å². The SMILES string of the molecule is N/N=C(\N)c1cc[nH]c1. The van der Waals surface area contributed by atoms with Crippen molar-refractivity contribution in [3.63, 3.8) is 0 Å². The highest BCUT2D eigenvalue weighted by Gasteiger charge is 1.93. The Bertz CT molecular complexity index is 199. The topological polar surface area (TPSA) is 80.2 Å². The van der Waals surface area contributed by atoms with Gasteiger partial charge in [-0.15, -0.1) is 0 Å². The van der Waals surface area contributed by atoms with Crippen molar-refractivity contribution in [3.8, 4) is 0 Å². The number of hydrogen-bond donors (Lipinski definition) is 3. The van der Waals surface area contributed by atoms with E-state index in [9.17, 15) is 0 Å². The van der Waals surface area contributed by atoms with E-state index in [0.29, 0.717) is 5.84 Å². The fraction of sp³-hybridized carbons (Fsp3) is 0. The molecule has 1 heterocycles. The molecule has 1 aromatic rings. The number of aromatic nitrogens is 1. The molecule has 0 spiro atoms. The zero-order valence-corrected chi connectivity index (χ0v) is 4.83. The van der Waals surface area contributed by atoms with E-state index in [1.165, 1.54) is 0 Å². The van der Waals surface area contributed by atoms with Gasteiger partial charge in [-0.2, -0.15) is 5.10 Å². The molecule has 9 heavy (non-hydrogen) atoms. The summed E-state index contributed by atoms with van der Waals surface area (Å²) < 4.78 is 0. The van der Waals surface area contributed by atoms with Gasteiger partial charge in [0, 0.05) is 18.0 Å². The zero-order valence-electron chi connectivity index (χ0n) is 4.83. The van der Waals surface area contributed by atoms with Crippen LogP contribution in [0.25, 0.3) is 0 Å². The van der Waals surface area contributed by atoms with Crippen LogP contribution in [-0.2, 0) is 0 Å². The summed E-state index contributed by atoms with van der Waals surface area (Å²) in [6, 6.07) is 1.80. The lowest BCUT2D eigenvalue weighted by molar-refractivity contribution is 1.23. The molecule has 0 atom stereocenters. The van der Waals surface area contributed by atoms with Crippen LogP contribution in [0, 0.1) is 0 Å². The number of hydrogen-bond acceptors (Lipinski definition) is 2. The molecule has 0 radical (unpaired) electrons. The van der Waals surface area contributed by atoms with Gasteiger partial charge in [-0.3, -0.25) is 0 Å². The van der Waals surface area contributed by atoms with Crippen LogP contribution in [0.1, 0.15) is 5.56 Å². The van der Waals surface area contributed by atoms with Crippen molar-refractivity contribution in [2.24, 2.45) is 16.7 Å². The maximum Gasteiger partial charge on any atom is 0.151 e. The Kier molecular flexibility index (Phi) is 1.40. The summed E-state index contributed by atoms with van der Waals surface area (Å²) in [6.07, 6.45) is 3.49. The zero-order chi connectivity index (χ0) is 6.69. The van der Waals surface area contributed by atoms with Gasteiger partial charge < -0.3 is 16.6 Å². The van der Waals surface area contributed by atoms with Gasteiger partial charge in [-0.05, 0) is 6.07 Å². The van der Waals surface area contributed by atoms with Crippen LogP contribution in [-0.4, -0.2) is 10.8 Å². The lowest BCUT2D eigenvalue weighted by atomic mass is 10.3. The van der Waals surface area contributed by atoms with Gasteiger partial charge in [0.25, 0.3) is 0 Å². The Morgan fingerprint density at radius 2 is 2.44 bits per heavy atom.